The van der Waals surface area contributed by atoms with E-state index in [1.54, 1.807) is 30.3 Å². The highest BCUT2D eigenvalue weighted by atomic mass is 32.2. The van der Waals surface area contributed by atoms with Crippen LogP contribution in [-0.4, -0.2) is 25.8 Å². The molecule has 124 valence electrons. The molecule has 0 fully saturated rings. The summed E-state index contributed by atoms with van der Waals surface area (Å²) in [5, 5.41) is 2.72. The molecule has 0 saturated carbocycles. The first-order valence-corrected chi connectivity index (χ1v) is 10.1. The van der Waals surface area contributed by atoms with Gasteiger partial charge in [-0.25, -0.2) is 8.42 Å². The van der Waals surface area contributed by atoms with Crippen LogP contribution in [0.1, 0.15) is 26.2 Å². The number of hydrogen-bond acceptors (Lipinski definition) is 4. The Labute approximate surface area is 142 Å². The van der Waals surface area contributed by atoms with Crippen LogP contribution in [0.2, 0.25) is 0 Å². The van der Waals surface area contributed by atoms with Crippen LogP contribution in [0.4, 0.5) is 0 Å². The summed E-state index contributed by atoms with van der Waals surface area (Å²) in [4.78, 5) is 12.7. The second-order valence-corrected chi connectivity index (χ2v) is 8.69. The summed E-state index contributed by atoms with van der Waals surface area (Å²) in [6.45, 7) is 5.63. The third-order valence-corrected chi connectivity index (χ3v) is 6.88. The highest BCUT2D eigenvalue weighted by Gasteiger charge is 2.33. The van der Waals surface area contributed by atoms with E-state index in [1.807, 2.05) is 13.2 Å². The Morgan fingerprint density at radius 2 is 1.96 bits per heavy atom. The van der Waals surface area contributed by atoms with E-state index in [-0.39, 0.29) is 12.3 Å². The van der Waals surface area contributed by atoms with Gasteiger partial charge in [0.1, 0.15) is 0 Å². The Hall–Kier alpha value is -1.53. The lowest BCUT2D eigenvalue weighted by atomic mass is 9.92. The molecule has 1 N–H and O–H groups in total. The van der Waals surface area contributed by atoms with Gasteiger partial charge in [0.15, 0.2) is 9.84 Å². The number of thioether (sulfide) groups is 1. The van der Waals surface area contributed by atoms with Gasteiger partial charge in [-0.1, -0.05) is 30.4 Å². The van der Waals surface area contributed by atoms with Gasteiger partial charge in [-0.05, 0) is 44.6 Å². The largest absolute Gasteiger partial charge is 0.317 e. The van der Waals surface area contributed by atoms with Crippen molar-refractivity contribution in [2.45, 2.75) is 36.3 Å². The molecule has 1 amide bonds. The summed E-state index contributed by atoms with van der Waals surface area (Å²) in [5.74, 6) is -0.241. The lowest BCUT2D eigenvalue weighted by molar-refractivity contribution is -0.116. The minimum atomic E-state index is -3.43. The molecule has 0 spiro atoms. The molecule has 23 heavy (non-hydrogen) atoms. The van der Waals surface area contributed by atoms with Crippen LogP contribution >= 0.6 is 11.8 Å². The second kappa shape index (κ2) is 7.36. The molecule has 1 aliphatic carbocycles. The molecule has 0 saturated heterocycles. The summed E-state index contributed by atoms with van der Waals surface area (Å²) in [6.07, 6.45) is 3.23. The van der Waals surface area contributed by atoms with Crippen molar-refractivity contribution in [3.63, 3.8) is 0 Å². The van der Waals surface area contributed by atoms with Gasteiger partial charge in [0.25, 0.3) is 5.91 Å². The van der Waals surface area contributed by atoms with Crippen LogP contribution in [0.25, 0.3) is 0 Å². The molecule has 0 aromatic heterocycles. The summed E-state index contributed by atoms with van der Waals surface area (Å²) in [6, 6.07) is 8.43. The van der Waals surface area contributed by atoms with Gasteiger partial charge < -0.3 is 5.32 Å². The average molecular weight is 351 g/mol. The smallest absolute Gasteiger partial charge is 0.251 e. The topological polar surface area (TPSA) is 63.2 Å². The monoisotopic (exact) mass is 351 g/mol. The number of sulfone groups is 1. The lowest BCUT2D eigenvalue weighted by Gasteiger charge is -2.25. The summed E-state index contributed by atoms with van der Waals surface area (Å²) in [7, 11) is -3.43. The number of allylic oxidation sites excluding steroid dienone is 1. The van der Waals surface area contributed by atoms with Crippen molar-refractivity contribution < 1.29 is 13.2 Å². The Morgan fingerprint density at radius 3 is 2.57 bits per heavy atom. The van der Waals surface area contributed by atoms with E-state index in [4.69, 9.17) is 0 Å². The maximum absolute atomic E-state index is 12.8. The van der Waals surface area contributed by atoms with Gasteiger partial charge in [0.05, 0.1) is 15.2 Å². The van der Waals surface area contributed by atoms with E-state index in [1.165, 1.54) is 11.8 Å². The van der Waals surface area contributed by atoms with E-state index < -0.39 is 15.1 Å². The van der Waals surface area contributed by atoms with Crippen molar-refractivity contribution in [1.82, 2.24) is 5.32 Å². The van der Waals surface area contributed by atoms with Gasteiger partial charge in [-0.15, -0.1) is 11.8 Å². The molecule has 0 aliphatic heterocycles. The molecular weight excluding hydrogens is 330 g/mol. The van der Waals surface area contributed by atoms with Crippen molar-refractivity contribution in [3.8, 4) is 0 Å². The Bertz CT molecular complexity index is 736. The van der Waals surface area contributed by atoms with Gasteiger partial charge in [0, 0.05) is 5.57 Å². The van der Waals surface area contributed by atoms with Crippen molar-refractivity contribution in [2.75, 3.05) is 6.26 Å². The standard InChI is InChI=1S/C17H21NO3S2/c1-12-9-10-15(11-16(12)17(19)18-13(2)22-3)23(20,21)14-7-5-4-6-8-14/h4-8,15H,2,9-11H2,1,3H3,(H,18,19). The molecule has 1 aromatic rings. The van der Waals surface area contributed by atoms with Crippen LogP contribution < -0.4 is 5.32 Å². The molecule has 0 bridgehead atoms. The molecule has 1 aliphatic rings. The zero-order valence-electron chi connectivity index (χ0n) is 13.3. The number of nitrogens with one attached hydrogen (secondary N) is 1. The normalized spacial score (nSPS) is 18.6. The molecule has 0 heterocycles. The first-order valence-electron chi connectivity index (χ1n) is 7.38. The fourth-order valence-electron chi connectivity index (χ4n) is 2.64. The van der Waals surface area contributed by atoms with Crippen molar-refractivity contribution in [3.05, 3.63) is 53.1 Å². The zero-order chi connectivity index (χ0) is 17.0. The number of rotatable bonds is 5. The summed E-state index contributed by atoms with van der Waals surface area (Å²) in [5.41, 5.74) is 1.52. The zero-order valence-corrected chi connectivity index (χ0v) is 15.0. The first kappa shape index (κ1) is 17.8. The number of benzene rings is 1. The van der Waals surface area contributed by atoms with E-state index in [0.29, 0.717) is 28.3 Å². The fraction of sp³-hybridized carbons (Fsp3) is 0.353. The fourth-order valence-corrected chi connectivity index (χ4v) is 4.57. The minimum Gasteiger partial charge on any atom is -0.317 e. The third-order valence-electron chi connectivity index (χ3n) is 4.07. The van der Waals surface area contributed by atoms with Crippen LogP contribution in [0.5, 0.6) is 0 Å². The summed E-state index contributed by atoms with van der Waals surface area (Å²) >= 11 is 1.35. The maximum atomic E-state index is 12.8. The Morgan fingerprint density at radius 1 is 1.30 bits per heavy atom. The average Bonchev–Trinajstić information content (AvgIpc) is 2.55. The van der Waals surface area contributed by atoms with Crippen molar-refractivity contribution in [1.29, 1.82) is 0 Å². The lowest BCUT2D eigenvalue weighted by Crippen LogP contribution is -2.31. The number of hydrogen-bond donors (Lipinski definition) is 1. The van der Waals surface area contributed by atoms with Gasteiger partial charge in [0.2, 0.25) is 0 Å². The SMILES string of the molecule is C=C(NC(=O)C1=C(C)CCC(S(=O)(=O)c2ccccc2)C1)SC. The van der Waals surface area contributed by atoms with Crippen LogP contribution in [0.3, 0.4) is 0 Å². The second-order valence-electron chi connectivity index (χ2n) is 5.56. The molecule has 1 aromatic carbocycles. The van der Waals surface area contributed by atoms with Crippen molar-refractivity contribution in [2.24, 2.45) is 0 Å². The number of carbonyl (C=O) groups excluding carboxylic acids is 1. The third kappa shape index (κ3) is 4.06. The molecule has 4 nitrogen and oxygen atoms in total. The van der Waals surface area contributed by atoms with Crippen LogP contribution in [-0.2, 0) is 14.6 Å². The van der Waals surface area contributed by atoms with E-state index in [9.17, 15) is 13.2 Å². The van der Waals surface area contributed by atoms with E-state index in [0.717, 1.165) is 5.57 Å². The maximum Gasteiger partial charge on any atom is 0.251 e. The Balaban J connectivity index is 2.23. The van der Waals surface area contributed by atoms with Gasteiger partial charge in [-0.3, -0.25) is 4.79 Å². The molecule has 6 heteroatoms. The van der Waals surface area contributed by atoms with E-state index >= 15 is 0 Å². The first-order chi connectivity index (χ1) is 10.9. The molecular formula is C17H21NO3S2. The molecule has 0 radical (unpaired) electrons. The van der Waals surface area contributed by atoms with Crippen LogP contribution in [0.15, 0.2) is 58.0 Å². The predicted molar refractivity (Wildman–Crippen MR) is 94.8 cm³/mol. The summed E-state index contributed by atoms with van der Waals surface area (Å²) < 4.78 is 25.5. The van der Waals surface area contributed by atoms with Crippen molar-refractivity contribution >= 4 is 27.5 Å². The highest BCUT2D eigenvalue weighted by Crippen LogP contribution is 2.32. The van der Waals surface area contributed by atoms with Crippen LogP contribution in [0, 0.1) is 0 Å². The number of carbonyl (C=O) groups is 1. The van der Waals surface area contributed by atoms with Gasteiger partial charge in [-0.2, -0.15) is 0 Å². The minimum absolute atomic E-state index is 0.241. The molecule has 2 rings (SSSR count). The van der Waals surface area contributed by atoms with Gasteiger partial charge >= 0.3 is 0 Å². The van der Waals surface area contributed by atoms with E-state index in [2.05, 4.69) is 11.9 Å². The quantitative estimate of drug-likeness (QED) is 0.884. The molecule has 1 unspecified atom stereocenters. The molecule has 1 atom stereocenters. The predicted octanol–water partition coefficient (Wildman–Crippen LogP) is 3.28. The highest BCUT2D eigenvalue weighted by molar-refractivity contribution is 8.02. The number of amides is 1. The Kier molecular flexibility index (Phi) is 5.70.